The molecule has 0 aliphatic rings. The number of nitrogens with one attached hydrogen (secondary N) is 1. The lowest BCUT2D eigenvalue weighted by Crippen LogP contribution is -1.96. The molecule has 2 aromatic rings. The predicted octanol–water partition coefficient (Wildman–Crippen LogP) is 2.85. The number of aryl methyl sites for hydroxylation is 1. The summed E-state index contributed by atoms with van der Waals surface area (Å²) in [4.78, 5) is 8.49. The molecule has 5 heteroatoms. The molecule has 2 aromatic heterocycles. The molecule has 0 saturated heterocycles. The van der Waals surface area contributed by atoms with E-state index < -0.39 is 0 Å². The second-order valence-electron chi connectivity index (χ2n) is 3.05. The summed E-state index contributed by atoms with van der Waals surface area (Å²) in [5.41, 5.74) is 0. The van der Waals surface area contributed by atoms with Crippen LogP contribution in [-0.2, 0) is 0 Å². The third kappa shape index (κ3) is 2.02. The molecule has 0 unspecified atom stereocenters. The summed E-state index contributed by atoms with van der Waals surface area (Å²) >= 11 is 3.35. The van der Waals surface area contributed by atoms with Crippen molar-refractivity contribution in [3.63, 3.8) is 0 Å². The van der Waals surface area contributed by atoms with Crippen molar-refractivity contribution >= 4 is 21.7 Å². The standard InChI is InChI=1S/C10H10BrN3O/c1-6-3-4-8(15-6)10-13-5-7(11)9(12-2)14-10/h3-5H,1-2H3,(H,12,13,14). The van der Waals surface area contributed by atoms with Crippen LogP contribution in [0.2, 0.25) is 0 Å². The first-order valence-electron chi connectivity index (χ1n) is 4.48. The Hall–Kier alpha value is -1.36. The van der Waals surface area contributed by atoms with Crippen LogP contribution in [0.3, 0.4) is 0 Å². The minimum absolute atomic E-state index is 0.579. The number of furan rings is 1. The van der Waals surface area contributed by atoms with Crippen LogP contribution in [0.1, 0.15) is 5.76 Å². The average molecular weight is 268 g/mol. The predicted molar refractivity (Wildman–Crippen MR) is 61.7 cm³/mol. The number of hydrogen-bond acceptors (Lipinski definition) is 4. The molecule has 0 spiro atoms. The Kier molecular flexibility index (Phi) is 2.73. The zero-order valence-corrected chi connectivity index (χ0v) is 10.00. The Labute approximate surface area is 95.9 Å². The second kappa shape index (κ2) is 4.02. The van der Waals surface area contributed by atoms with Crippen LogP contribution < -0.4 is 5.32 Å². The molecular formula is C10H10BrN3O. The van der Waals surface area contributed by atoms with E-state index in [1.165, 1.54) is 0 Å². The number of aromatic nitrogens is 2. The van der Waals surface area contributed by atoms with Crippen molar-refractivity contribution in [1.29, 1.82) is 0 Å². The second-order valence-corrected chi connectivity index (χ2v) is 3.90. The summed E-state index contributed by atoms with van der Waals surface area (Å²) < 4.78 is 6.27. The number of anilines is 1. The SMILES string of the molecule is CNc1nc(-c2ccc(C)o2)ncc1Br. The largest absolute Gasteiger partial charge is 0.458 e. The van der Waals surface area contributed by atoms with Gasteiger partial charge in [-0.1, -0.05) is 0 Å². The van der Waals surface area contributed by atoms with Gasteiger partial charge >= 0.3 is 0 Å². The summed E-state index contributed by atoms with van der Waals surface area (Å²) in [7, 11) is 1.81. The Morgan fingerprint density at radius 1 is 1.40 bits per heavy atom. The molecule has 0 saturated carbocycles. The molecule has 2 rings (SSSR count). The first-order valence-corrected chi connectivity index (χ1v) is 5.27. The number of rotatable bonds is 2. The molecule has 0 fully saturated rings. The van der Waals surface area contributed by atoms with Gasteiger partial charge in [0.1, 0.15) is 11.6 Å². The van der Waals surface area contributed by atoms with Gasteiger partial charge in [0, 0.05) is 13.2 Å². The molecule has 0 radical (unpaired) electrons. The summed E-state index contributed by atoms with van der Waals surface area (Å²) in [5.74, 6) is 2.85. The fourth-order valence-electron chi connectivity index (χ4n) is 1.22. The summed E-state index contributed by atoms with van der Waals surface area (Å²) in [6, 6.07) is 3.75. The Morgan fingerprint density at radius 3 is 2.80 bits per heavy atom. The molecule has 0 bridgehead atoms. The van der Waals surface area contributed by atoms with Gasteiger partial charge in [0.25, 0.3) is 0 Å². The van der Waals surface area contributed by atoms with E-state index in [4.69, 9.17) is 4.42 Å². The normalized spacial score (nSPS) is 10.3. The minimum Gasteiger partial charge on any atom is -0.458 e. The number of hydrogen-bond donors (Lipinski definition) is 1. The van der Waals surface area contributed by atoms with E-state index in [9.17, 15) is 0 Å². The van der Waals surface area contributed by atoms with Crippen LogP contribution in [0, 0.1) is 6.92 Å². The van der Waals surface area contributed by atoms with E-state index in [0.717, 1.165) is 16.1 Å². The maximum Gasteiger partial charge on any atom is 0.197 e. The van der Waals surface area contributed by atoms with Crippen LogP contribution >= 0.6 is 15.9 Å². The van der Waals surface area contributed by atoms with E-state index in [-0.39, 0.29) is 0 Å². The maximum absolute atomic E-state index is 5.44. The highest BCUT2D eigenvalue weighted by Crippen LogP contribution is 2.23. The van der Waals surface area contributed by atoms with Gasteiger partial charge in [-0.05, 0) is 35.0 Å². The van der Waals surface area contributed by atoms with Gasteiger partial charge in [0.05, 0.1) is 4.47 Å². The van der Waals surface area contributed by atoms with Gasteiger partial charge in [-0.15, -0.1) is 0 Å². The van der Waals surface area contributed by atoms with Gasteiger partial charge < -0.3 is 9.73 Å². The molecule has 1 N–H and O–H groups in total. The Balaban J connectivity index is 2.45. The molecule has 0 aliphatic carbocycles. The lowest BCUT2D eigenvalue weighted by molar-refractivity contribution is 0.544. The molecule has 0 aliphatic heterocycles. The molecule has 4 nitrogen and oxygen atoms in total. The van der Waals surface area contributed by atoms with E-state index in [1.54, 1.807) is 6.20 Å². The van der Waals surface area contributed by atoms with Crippen molar-refractivity contribution in [3.8, 4) is 11.6 Å². The van der Waals surface area contributed by atoms with E-state index in [1.807, 2.05) is 26.1 Å². The highest BCUT2D eigenvalue weighted by atomic mass is 79.9. The van der Waals surface area contributed by atoms with Crippen LogP contribution in [0.15, 0.2) is 27.2 Å². The Morgan fingerprint density at radius 2 is 2.20 bits per heavy atom. The molecule has 2 heterocycles. The zero-order valence-electron chi connectivity index (χ0n) is 8.41. The molecule has 78 valence electrons. The van der Waals surface area contributed by atoms with E-state index >= 15 is 0 Å². The topological polar surface area (TPSA) is 51.0 Å². The molecule has 0 aromatic carbocycles. The summed E-state index contributed by atoms with van der Waals surface area (Å²) in [6.45, 7) is 1.89. The van der Waals surface area contributed by atoms with Crippen LogP contribution in [0.5, 0.6) is 0 Å². The van der Waals surface area contributed by atoms with Crippen LogP contribution in [0.25, 0.3) is 11.6 Å². The fraction of sp³-hybridized carbons (Fsp3) is 0.200. The van der Waals surface area contributed by atoms with Crippen molar-refractivity contribution in [2.24, 2.45) is 0 Å². The van der Waals surface area contributed by atoms with Gasteiger partial charge in [-0.2, -0.15) is 0 Å². The average Bonchev–Trinajstić information content (AvgIpc) is 2.66. The van der Waals surface area contributed by atoms with Crippen molar-refractivity contribution < 1.29 is 4.42 Å². The van der Waals surface area contributed by atoms with E-state index in [2.05, 4.69) is 31.2 Å². The smallest absolute Gasteiger partial charge is 0.197 e. The van der Waals surface area contributed by atoms with Crippen LogP contribution in [0.4, 0.5) is 5.82 Å². The number of nitrogens with zero attached hydrogens (tertiary/aromatic N) is 2. The minimum atomic E-state index is 0.579. The van der Waals surface area contributed by atoms with Crippen LogP contribution in [-0.4, -0.2) is 17.0 Å². The highest BCUT2D eigenvalue weighted by Gasteiger charge is 2.08. The quantitative estimate of drug-likeness (QED) is 0.909. The van der Waals surface area contributed by atoms with Crippen molar-refractivity contribution in [2.75, 3.05) is 12.4 Å². The highest BCUT2D eigenvalue weighted by molar-refractivity contribution is 9.10. The summed E-state index contributed by atoms with van der Waals surface area (Å²) in [6.07, 6.45) is 1.70. The van der Waals surface area contributed by atoms with Gasteiger partial charge in [-0.3, -0.25) is 0 Å². The van der Waals surface area contributed by atoms with E-state index in [0.29, 0.717) is 11.6 Å². The van der Waals surface area contributed by atoms with Gasteiger partial charge in [-0.25, -0.2) is 9.97 Å². The first-order chi connectivity index (χ1) is 7.20. The molecule has 0 atom stereocenters. The summed E-state index contributed by atoms with van der Waals surface area (Å²) in [5, 5.41) is 2.97. The lowest BCUT2D eigenvalue weighted by Gasteiger charge is -2.03. The van der Waals surface area contributed by atoms with Crippen molar-refractivity contribution in [3.05, 3.63) is 28.6 Å². The monoisotopic (exact) mass is 267 g/mol. The first kappa shape index (κ1) is 10.2. The molecule has 0 amide bonds. The lowest BCUT2D eigenvalue weighted by atomic mass is 10.4. The molecular weight excluding hydrogens is 258 g/mol. The Bertz CT molecular complexity index is 481. The molecule has 15 heavy (non-hydrogen) atoms. The third-order valence-corrected chi connectivity index (χ3v) is 2.52. The van der Waals surface area contributed by atoms with Gasteiger partial charge in [0.15, 0.2) is 11.6 Å². The zero-order chi connectivity index (χ0) is 10.8. The van der Waals surface area contributed by atoms with Crippen molar-refractivity contribution in [2.45, 2.75) is 6.92 Å². The van der Waals surface area contributed by atoms with Crippen molar-refractivity contribution in [1.82, 2.24) is 9.97 Å². The van der Waals surface area contributed by atoms with Gasteiger partial charge in [0.2, 0.25) is 0 Å². The third-order valence-electron chi connectivity index (χ3n) is 1.94. The fourth-order valence-corrected chi connectivity index (χ4v) is 1.61. The number of halogens is 1. The maximum atomic E-state index is 5.44.